The molecule has 1 amide bonds. The maximum Gasteiger partial charge on any atom is 0.336 e. The Morgan fingerprint density at radius 1 is 1.28 bits per heavy atom. The molecule has 4 heteroatoms. The first-order valence-electron chi connectivity index (χ1n) is 6.14. The minimum atomic E-state index is -0.963. The van der Waals surface area contributed by atoms with Crippen LogP contribution in [0, 0.1) is 19.8 Å². The Bertz CT molecular complexity index is 504. The van der Waals surface area contributed by atoms with E-state index >= 15 is 0 Å². The van der Waals surface area contributed by atoms with E-state index in [1.54, 1.807) is 6.92 Å². The lowest BCUT2D eigenvalue weighted by Gasteiger charge is -2.24. The van der Waals surface area contributed by atoms with Crippen LogP contribution >= 0.6 is 0 Å². The second-order valence-electron chi connectivity index (χ2n) is 4.89. The number of hydrogen-bond donors (Lipinski definition) is 2. The molecule has 18 heavy (non-hydrogen) atoms. The van der Waals surface area contributed by atoms with Gasteiger partial charge in [-0.15, -0.1) is 0 Å². The maximum atomic E-state index is 11.8. The summed E-state index contributed by atoms with van der Waals surface area (Å²) in [6, 6.07) is 3.35. The van der Waals surface area contributed by atoms with E-state index < -0.39 is 5.97 Å². The molecule has 2 rings (SSSR count). The topological polar surface area (TPSA) is 66.4 Å². The highest BCUT2D eigenvalue weighted by Gasteiger charge is 2.25. The van der Waals surface area contributed by atoms with Gasteiger partial charge >= 0.3 is 5.97 Å². The molecule has 1 aromatic rings. The van der Waals surface area contributed by atoms with Crippen molar-refractivity contribution in [3.63, 3.8) is 0 Å². The summed E-state index contributed by atoms with van der Waals surface area (Å²) in [6.45, 7) is 3.62. The molecule has 0 aromatic heterocycles. The molecular weight excluding hydrogens is 230 g/mol. The highest BCUT2D eigenvalue weighted by atomic mass is 16.4. The zero-order chi connectivity index (χ0) is 13.3. The first-order valence-corrected chi connectivity index (χ1v) is 6.14. The fourth-order valence-corrected chi connectivity index (χ4v) is 2.07. The van der Waals surface area contributed by atoms with Gasteiger partial charge in [-0.05, 0) is 49.9 Å². The van der Waals surface area contributed by atoms with E-state index in [0.717, 1.165) is 30.4 Å². The SMILES string of the molecule is Cc1cc(NC(=O)C2CCC2)cc(C(=O)O)c1C. The average molecular weight is 247 g/mol. The monoisotopic (exact) mass is 247 g/mol. The third-order valence-electron chi connectivity index (χ3n) is 3.64. The summed E-state index contributed by atoms with van der Waals surface area (Å²) in [6.07, 6.45) is 2.97. The van der Waals surface area contributed by atoms with Crippen LogP contribution in [0.3, 0.4) is 0 Å². The normalized spacial score (nSPS) is 15.0. The Morgan fingerprint density at radius 3 is 2.44 bits per heavy atom. The van der Waals surface area contributed by atoms with Crippen LogP contribution in [-0.2, 0) is 4.79 Å². The summed E-state index contributed by atoms with van der Waals surface area (Å²) in [5, 5.41) is 11.9. The van der Waals surface area contributed by atoms with E-state index in [1.807, 2.05) is 13.0 Å². The summed E-state index contributed by atoms with van der Waals surface area (Å²) in [4.78, 5) is 22.9. The molecule has 1 aliphatic carbocycles. The fraction of sp³-hybridized carbons (Fsp3) is 0.429. The van der Waals surface area contributed by atoms with Crippen molar-refractivity contribution in [2.75, 3.05) is 5.32 Å². The second-order valence-corrected chi connectivity index (χ2v) is 4.89. The summed E-state index contributed by atoms with van der Waals surface area (Å²) < 4.78 is 0. The Labute approximate surface area is 106 Å². The largest absolute Gasteiger partial charge is 0.478 e. The van der Waals surface area contributed by atoms with Gasteiger partial charge < -0.3 is 10.4 Å². The molecule has 4 nitrogen and oxygen atoms in total. The minimum Gasteiger partial charge on any atom is -0.478 e. The number of rotatable bonds is 3. The van der Waals surface area contributed by atoms with Crippen LogP contribution in [0.25, 0.3) is 0 Å². The summed E-state index contributed by atoms with van der Waals surface area (Å²) >= 11 is 0. The number of hydrogen-bond acceptors (Lipinski definition) is 2. The van der Waals surface area contributed by atoms with Gasteiger partial charge in [-0.1, -0.05) is 6.42 Å². The lowest BCUT2D eigenvalue weighted by molar-refractivity contribution is -0.122. The third-order valence-corrected chi connectivity index (χ3v) is 3.64. The molecule has 1 saturated carbocycles. The molecule has 0 heterocycles. The number of carboxylic acid groups (broad SMARTS) is 1. The van der Waals surface area contributed by atoms with Crippen LogP contribution in [0.2, 0.25) is 0 Å². The van der Waals surface area contributed by atoms with Gasteiger partial charge in [0, 0.05) is 11.6 Å². The summed E-state index contributed by atoms with van der Waals surface area (Å²) in [5.41, 5.74) is 2.44. The summed E-state index contributed by atoms with van der Waals surface area (Å²) in [7, 11) is 0. The van der Waals surface area contributed by atoms with Crippen molar-refractivity contribution >= 4 is 17.6 Å². The molecule has 0 spiro atoms. The number of benzene rings is 1. The van der Waals surface area contributed by atoms with Gasteiger partial charge in [0.25, 0.3) is 0 Å². The molecule has 0 unspecified atom stereocenters. The Hall–Kier alpha value is -1.84. The van der Waals surface area contributed by atoms with Gasteiger partial charge in [0.15, 0.2) is 0 Å². The van der Waals surface area contributed by atoms with Crippen molar-refractivity contribution in [2.24, 2.45) is 5.92 Å². The molecule has 0 atom stereocenters. The van der Waals surface area contributed by atoms with Gasteiger partial charge in [-0.3, -0.25) is 4.79 Å². The molecule has 1 fully saturated rings. The first-order chi connectivity index (χ1) is 8.49. The van der Waals surface area contributed by atoms with Gasteiger partial charge in [0.2, 0.25) is 5.91 Å². The van der Waals surface area contributed by atoms with E-state index in [9.17, 15) is 9.59 Å². The second kappa shape index (κ2) is 4.80. The Kier molecular flexibility index (Phi) is 3.36. The molecule has 0 aliphatic heterocycles. The van der Waals surface area contributed by atoms with Crippen LogP contribution in [0.1, 0.15) is 40.7 Å². The maximum absolute atomic E-state index is 11.8. The number of aromatic carboxylic acids is 1. The molecule has 1 aliphatic rings. The lowest BCUT2D eigenvalue weighted by atomic mass is 9.85. The number of carbonyl (C=O) groups excluding carboxylic acids is 1. The van der Waals surface area contributed by atoms with Crippen molar-refractivity contribution in [3.05, 3.63) is 28.8 Å². The molecular formula is C14H17NO3. The van der Waals surface area contributed by atoms with E-state index in [2.05, 4.69) is 5.32 Å². The van der Waals surface area contributed by atoms with E-state index in [-0.39, 0.29) is 17.4 Å². The number of carbonyl (C=O) groups is 2. The predicted molar refractivity (Wildman–Crippen MR) is 68.8 cm³/mol. The minimum absolute atomic E-state index is 0.000779. The quantitative estimate of drug-likeness (QED) is 0.863. The molecule has 0 radical (unpaired) electrons. The van der Waals surface area contributed by atoms with Crippen LogP contribution < -0.4 is 5.32 Å². The average Bonchev–Trinajstić information content (AvgIpc) is 2.19. The van der Waals surface area contributed by atoms with Gasteiger partial charge in [0.1, 0.15) is 0 Å². The van der Waals surface area contributed by atoms with E-state index in [0.29, 0.717) is 5.69 Å². The highest BCUT2D eigenvalue weighted by molar-refractivity contribution is 5.96. The number of anilines is 1. The fourth-order valence-electron chi connectivity index (χ4n) is 2.07. The molecule has 0 bridgehead atoms. The Balaban J connectivity index is 2.22. The molecule has 1 aromatic carbocycles. The lowest BCUT2D eigenvalue weighted by Crippen LogP contribution is -2.28. The van der Waals surface area contributed by atoms with Crippen molar-refractivity contribution in [2.45, 2.75) is 33.1 Å². The van der Waals surface area contributed by atoms with E-state index in [4.69, 9.17) is 5.11 Å². The van der Waals surface area contributed by atoms with Crippen molar-refractivity contribution in [1.29, 1.82) is 0 Å². The number of aryl methyl sites for hydroxylation is 1. The zero-order valence-corrected chi connectivity index (χ0v) is 10.6. The standard InChI is InChI=1S/C14H17NO3/c1-8-6-11(7-12(9(8)2)14(17)18)15-13(16)10-4-3-5-10/h6-7,10H,3-5H2,1-2H3,(H,15,16)(H,17,18). The van der Waals surface area contributed by atoms with Crippen molar-refractivity contribution < 1.29 is 14.7 Å². The predicted octanol–water partition coefficient (Wildman–Crippen LogP) is 2.74. The molecule has 0 saturated heterocycles. The number of nitrogens with one attached hydrogen (secondary N) is 1. The van der Waals surface area contributed by atoms with Gasteiger partial charge in [-0.25, -0.2) is 4.79 Å². The van der Waals surface area contributed by atoms with Crippen LogP contribution in [-0.4, -0.2) is 17.0 Å². The Morgan fingerprint density at radius 2 is 1.94 bits per heavy atom. The van der Waals surface area contributed by atoms with Crippen molar-refractivity contribution in [3.8, 4) is 0 Å². The molecule has 96 valence electrons. The first kappa shape index (κ1) is 12.6. The smallest absolute Gasteiger partial charge is 0.336 e. The van der Waals surface area contributed by atoms with Gasteiger partial charge in [0.05, 0.1) is 5.56 Å². The zero-order valence-electron chi connectivity index (χ0n) is 10.6. The van der Waals surface area contributed by atoms with Gasteiger partial charge in [-0.2, -0.15) is 0 Å². The number of carboxylic acids is 1. The summed E-state index contributed by atoms with van der Waals surface area (Å²) in [5.74, 6) is -0.865. The number of amides is 1. The highest BCUT2D eigenvalue weighted by Crippen LogP contribution is 2.28. The molecule has 2 N–H and O–H groups in total. The van der Waals surface area contributed by atoms with E-state index in [1.165, 1.54) is 6.07 Å². The van der Waals surface area contributed by atoms with Crippen molar-refractivity contribution in [1.82, 2.24) is 0 Å². The van der Waals surface area contributed by atoms with Crippen LogP contribution in [0.4, 0.5) is 5.69 Å². The van der Waals surface area contributed by atoms with Crippen LogP contribution in [0.5, 0.6) is 0 Å². The van der Waals surface area contributed by atoms with Crippen LogP contribution in [0.15, 0.2) is 12.1 Å². The third kappa shape index (κ3) is 2.37.